The fraction of sp³-hybridized carbons (Fsp3) is 0.379. The summed E-state index contributed by atoms with van der Waals surface area (Å²) < 4.78 is 25.7. The van der Waals surface area contributed by atoms with Gasteiger partial charge in [0.2, 0.25) is 5.43 Å². The van der Waals surface area contributed by atoms with Crippen molar-refractivity contribution in [3.63, 3.8) is 0 Å². The van der Waals surface area contributed by atoms with Crippen LogP contribution in [0.5, 0.6) is 11.5 Å². The highest BCUT2D eigenvalue weighted by Gasteiger charge is 2.51. The Bertz CT molecular complexity index is 1740. The molecule has 0 bridgehead atoms. The summed E-state index contributed by atoms with van der Waals surface area (Å²) in [5.74, 6) is 0.625. The molecule has 2 unspecified atom stereocenters. The number of amides is 2. The Kier molecular flexibility index (Phi) is 6.48. The van der Waals surface area contributed by atoms with Crippen molar-refractivity contribution in [2.24, 2.45) is 7.05 Å². The number of aryl methyl sites for hydroxylation is 1. The lowest BCUT2D eigenvalue weighted by Crippen LogP contribution is -2.53. The van der Waals surface area contributed by atoms with Gasteiger partial charge in [-0.05, 0) is 26.0 Å². The van der Waals surface area contributed by atoms with Gasteiger partial charge in [-0.1, -0.05) is 18.2 Å². The van der Waals surface area contributed by atoms with E-state index < -0.39 is 30.0 Å². The molecule has 2 aromatic heterocycles. The Labute approximate surface area is 230 Å². The Morgan fingerprint density at radius 1 is 1.02 bits per heavy atom. The van der Waals surface area contributed by atoms with Crippen LogP contribution in [0.3, 0.4) is 0 Å². The molecule has 40 heavy (non-hydrogen) atoms. The van der Waals surface area contributed by atoms with Crippen molar-refractivity contribution in [1.82, 2.24) is 19.4 Å². The van der Waals surface area contributed by atoms with Gasteiger partial charge in [0.05, 0.1) is 34.5 Å². The Morgan fingerprint density at radius 3 is 2.33 bits per heavy atom. The van der Waals surface area contributed by atoms with Gasteiger partial charge in [-0.3, -0.25) is 4.79 Å². The number of hydrogen-bond donors (Lipinski definition) is 0. The standard InChI is InChI=1S/C29H32N4O7/c1-29(2)25(39-28(36)32(5)6)24(38-27(35)31(3)4)21-19(40-29)14-18(37-8)20-22(21)33(7)26-16(23(20)34)13-15-11-9-10-12-17(15)30-26/h9-14,24-25H,1-8H3. The summed E-state index contributed by atoms with van der Waals surface area (Å²) in [4.78, 5) is 47.2. The number of carbonyl (C=O) groups excluding carboxylic acids is 2. The first-order valence-electron chi connectivity index (χ1n) is 12.7. The lowest BCUT2D eigenvalue weighted by molar-refractivity contribution is -0.122. The van der Waals surface area contributed by atoms with Crippen LogP contribution in [0.2, 0.25) is 0 Å². The molecule has 0 fully saturated rings. The summed E-state index contributed by atoms with van der Waals surface area (Å²) in [6, 6.07) is 10.9. The van der Waals surface area contributed by atoms with Crippen molar-refractivity contribution < 1.29 is 28.5 Å². The average molecular weight is 549 g/mol. The largest absolute Gasteiger partial charge is 0.496 e. The first-order valence-corrected chi connectivity index (χ1v) is 12.7. The number of para-hydroxylation sites is 1. The molecule has 0 saturated heterocycles. The minimum Gasteiger partial charge on any atom is -0.496 e. The fourth-order valence-corrected chi connectivity index (χ4v) is 5.10. The van der Waals surface area contributed by atoms with Crippen LogP contribution in [-0.4, -0.2) is 78.5 Å². The zero-order chi connectivity index (χ0) is 29.1. The van der Waals surface area contributed by atoms with Gasteiger partial charge in [0, 0.05) is 46.7 Å². The Morgan fingerprint density at radius 2 is 1.68 bits per heavy atom. The topological polar surface area (TPSA) is 112 Å². The van der Waals surface area contributed by atoms with E-state index in [0.29, 0.717) is 39.1 Å². The number of nitrogens with zero attached hydrogens (tertiary/aromatic N) is 4. The highest BCUT2D eigenvalue weighted by molar-refractivity contribution is 6.01. The normalized spacial score (nSPS) is 17.7. The third-order valence-electron chi connectivity index (χ3n) is 7.12. The first-order chi connectivity index (χ1) is 18.9. The second-order valence-corrected chi connectivity index (χ2v) is 10.8. The molecule has 11 nitrogen and oxygen atoms in total. The minimum absolute atomic E-state index is 0.264. The van der Waals surface area contributed by atoms with Gasteiger partial charge in [0.15, 0.2) is 12.2 Å². The molecule has 3 heterocycles. The van der Waals surface area contributed by atoms with Crippen LogP contribution in [0, 0.1) is 0 Å². The molecule has 2 amide bonds. The average Bonchev–Trinajstić information content (AvgIpc) is 2.91. The van der Waals surface area contributed by atoms with E-state index in [1.54, 1.807) is 59.7 Å². The number of fused-ring (bicyclic) bond motifs is 5. The van der Waals surface area contributed by atoms with Gasteiger partial charge in [-0.25, -0.2) is 14.6 Å². The van der Waals surface area contributed by atoms with Crippen LogP contribution < -0.4 is 14.9 Å². The molecule has 11 heteroatoms. The summed E-state index contributed by atoms with van der Waals surface area (Å²) in [5.41, 5.74) is 0.484. The van der Waals surface area contributed by atoms with Gasteiger partial charge in [0.25, 0.3) is 0 Å². The summed E-state index contributed by atoms with van der Waals surface area (Å²) in [6.07, 6.45) is -3.49. The van der Waals surface area contributed by atoms with Gasteiger partial charge >= 0.3 is 12.2 Å². The number of methoxy groups -OCH3 is 1. The van der Waals surface area contributed by atoms with Gasteiger partial charge < -0.3 is 33.3 Å². The molecule has 4 aromatic rings. The number of ether oxygens (including phenoxy) is 4. The third kappa shape index (κ3) is 4.21. The molecule has 210 valence electrons. The van der Waals surface area contributed by atoms with Crippen LogP contribution in [0.25, 0.3) is 32.8 Å². The predicted molar refractivity (Wildman–Crippen MR) is 150 cm³/mol. The highest BCUT2D eigenvalue weighted by atomic mass is 16.6. The molecule has 0 N–H and O–H groups in total. The smallest absolute Gasteiger partial charge is 0.409 e. The molecule has 2 aromatic carbocycles. The third-order valence-corrected chi connectivity index (χ3v) is 7.12. The molecule has 0 aliphatic carbocycles. The molecule has 0 spiro atoms. The van der Waals surface area contributed by atoms with Gasteiger partial charge in [-0.2, -0.15) is 0 Å². The van der Waals surface area contributed by atoms with Crippen molar-refractivity contribution in [3.8, 4) is 11.5 Å². The van der Waals surface area contributed by atoms with E-state index in [1.165, 1.54) is 16.9 Å². The van der Waals surface area contributed by atoms with E-state index in [9.17, 15) is 14.4 Å². The summed E-state index contributed by atoms with van der Waals surface area (Å²) >= 11 is 0. The number of carbonyl (C=O) groups is 2. The Hall–Kier alpha value is -4.54. The maximum atomic E-state index is 14.1. The van der Waals surface area contributed by atoms with Crippen molar-refractivity contribution in [2.45, 2.75) is 31.7 Å². The van der Waals surface area contributed by atoms with E-state index in [-0.39, 0.29) is 10.8 Å². The molecule has 0 radical (unpaired) electrons. The van der Waals surface area contributed by atoms with Crippen molar-refractivity contribution >= 4 is 45.0 Å². The zero-order valence-electron chi connectivity index (χ0n) is 23.8. The van der Waals surface area contributed by atoms with E-state index in [0.717, 1.165) is 5.39 Å². The van der Waals surface area contributed by atoms with Crippen LogP contribution in [-0.2, 0) is 16.5 Å². The number of rotatable bonds is 3. The summed E-state index contributed by atoms with van der Waals surface area (Å²) in [5, 5.41) is 1.49. The summed E-state index contributed by atoms with van der Waals surface area (Å²) in [6.45, 7) is 3.48. The lowest BCUT2D eigenvalue weighted by Gasteiger charge is -2.44. The van der Waals surface area contributed by atoms with Crippen LogP contribution in [0.4, 0.5) is 9.59 Å². The number of hydrogen-bond acceptors (Lipinski definition) is 8. The number of pyridine rings is 2. The van der Waals surface area contributed by atoms with E-state index in [4.69, 9.17) is 23.9 Å². The predicted octanol–water partition coefficient (Wildman–Crippen LogP) is 4.23. The summed E-state index contributed by atoms with van der Waals surface area (Å²) in [7, 11) is 9.47. The van der Waals surface area contributed by atoms with E-state index >= 15 is 0 Å². The van der Waals surface area contributed by atoms with Gasteiger partial charge in [-0.15, -0.1) is 0 Å². The number of aromatic nitrogens is 2. The molecular formula is C29H32N4O7. The lowest BCUT2D eigenvalue weighted by atomic mass is 9.86. The van der Waals surface area contributed by atoms with Crippen LogP contribution in [0.15, 0.2) is 41.2 Å². The maximum Gasteiger partial charge on any atom is 0.409 e. The first kappa shape index (κ1) is 27.0. The fourth-order valence-electron chi connectivity index (χ4n) is 5.10. The number of benzene rings is 2. The minimum atomic E-state index is -1.13. The highest BCUT2D eigenvalue weighted by Crippen LogP contribution is 2.49. The van der Waals surface area contributed by atoms with Crippen molar-refractivity contribution in [3.05, 3.63) is 52.2 Å². The zero-order valence-corrected chi connectivity index (χ0v) is 23.8. The molecule has 5 rings (SSSR count). The second kappa shape index (κ2) is 9.58. The van der Waals surface area contributed by atoms with Gasteiger partial charge in [0.1, 0.15) is 22.7 Å². The maximum absolute atomic E-state index is 14.1. The molecular weight excluding hydrogens is 516 g/mol. The Balaban J connectivity index is 1.91. The molecule has 1 aliphatic heterocycles. The molecule has 2 atom stereocenters. The quantitative estimate of drug-likeness (QED) is 0.350. The van der Waals surface area contributed by atoms with E-state index in [2.05, 4.69) is 0 Å². The van der Waals surface area contributed by atoms with E-state index in [1.807, 2.05) is 30.3 Å². The van der Waals surface area contributed by atoms with Crippen molar-refractivity contribution in [2.75, 3.05) is 35.3 Å². The SMILES string of the molecule is COc1cc2c(c3c1c(=O)c1cc4ccccc4nc1n3C)C(OC(=O)N(C)C)C(OC(=O)N(C)C)C(C)(C)O2. The van der Waals surface area contributed by atoms with Crippen LogP contribution >= 0.6 is 0 Å². The molecule has 1 aliphatic rings. The second-order valence-electron chi connectivity index (χ2n) is 10.8. The van der Waals surface area contributed by atoms with Crippen molar-refractivity contribution in [1.29, 1.82) is 0 Å². The molecule has 0 saturated carbocycles. The monoisotopic (exact) mass is 548 g/mol. The van der Waals surface area contributed by atoms with Crippen LogP contribution in [0.1, 0.15) is 25.5 Å².